The van der Waals surface area contributed by atoms with E-state index >= 15 is 0 Å². The van der Waals surface area contributed by atoms with Crippen LogP contribution in [0.25, 0.3) is 0 Å². The van der Waals surface area contributed by atoms with E-state index in [-0.39, 0.29) is 17.8 Å². The van der Waals surface area contributed by atoms with Crippen LogP contribution in [0.1, 0.15) is 36.1 Å². The SMILES string of the molecule is COc1ccc(C2CC(C(O)c3ccc(F)cc3)CCN2)cc1OC. The van der Waals surface area contributed by atoms with Gasteiger partial charge in [0.25, 0.3) is 0 Å². The molecule has 0 saturated carbocycles. The predicted octanol–water partition coefficient (Wildman–Crippen LogP) is 3.62. The van der Waals surface area contributed by atoms with Gasteiger partial charge in [-0.05, 0) is 60.7 Å². The minimum absolute atomic E-state index is 0.116. The Morgan fingerprint density at radius 2 is 1.80 bits per heavy atom. The molecule has 0 aliphatic carbocycles. The van der Waals surface area contributed by atoms with Crippen molar-refractivity contribution in [2.75, 3.05) is 20.8 Å². The number of aliphatic hydroxyl groups excluding tert-OH is 1. The monoisotopic (exact) mass is 345 g/mol. The lowest BCUT2D eigenvalue weighted by molar-refractivity contribution is 0.0775. The van der Waals surface area contributed by atoms with E-state index in [4.69, 9.17) is 9.47 Å². The zero-order valence-corrected chi connectivity index (χ0v) is 14.5. The number of nitrogens with one attached hydrogen (secondary N) is 1. The molecule has 0 radical (unpaired) electrons. The summed E-state index contributed by atoms with van der Waals surface area (Å²) in [5, 5.41) is 14.2. The molecular formula is C20H24FNO3. The first kappa shape index (κ1) is 17.7. The van der Waals surface area contributed by atoms with Gasteiger partial charge in [-0.25, -0.2) is 4.39 Å². The second-order valence-corrected chi connectivity index (χ2v) is 6.40. The molecule has 1 aliphatic rings. The molecule has 2 aromatic carbocycles. The van der Waals surface area contributed by atoms with Crippen LogP contribution in [0.5, 0.6) is 11.5 Å². The standard InChI is InChI=1S/C20H24FNO3/c1-24-18-8-5-14(12-19(18)25-2)17-11-15(9-10-22-17)20(23)13-3-6-16(21)7-4-13/h3-8,12,15,17,20,22-23H,9-11H2,1-2H3. The number of piperidine rings is 1. The van der Waals surface area contributed by atoms with E-state index in [0.29, 0.717) is 11.5 Å². The highest BCUT2D eigenvalue weighted by Gasteiger charge is 2.29. The smallest absolute Gasteiger partial charge is 0.161 e. The van der Waals surface area contributed by atoms with Gasteiger partial charge in [-0.1, -0.05) is 18.2 Å². The van der Waals surface area contributed by atoms with Crippen LogP contribution in [0.3, 0.4) is 0 Å². The van der Waals surface area contributed by atoms with Crippen molar-refractivity contribution in [1.29, 1.82) is 0 Å². The summed E-state index contributed by atoms with van der Waals surface area (Å²) in [5.74, 6) is 1.22. The van der Waals surface area contributed by atoms with Crippen LogP contribution >= 0.6 is 0 Å². The van der Waals surface area contributed by atoms with Gasteiger partial charge >= 0.3 is 0 Å². The summed E-state index contributed by atoms with van der Waals surface area (Å²) in [5.41, 5.74) is 1.87. The van der Waals surface area contributed by atoms with Crippen molar-refractivity contribution in [3.63, 3.8) is 0 Å². The van der Waals surface area contributed by atoms with E-state index in [9.17, 15) is 9.50 Å². The molecule has 0 spiro atoms. The molecule has 25 heavy (non-hydrogen) atoms. The highest BCUT2D eigenvalue weighted by molar-refractivity contribution is 5.44. The molecule has 1 heterocycles. The quantitative estimate of drug-likeness (QED) is 0.869. The maximum absolute atomic E-state index is 13.1. The number of benzene rings is 2. The Balaban J connectivity index is 1.75. The fraction of sp³-hybridized carbons (Fsp3) is 0.400. The fourth-order valence-corrected chi connectivity index (χ4v) is 3.49. The van der Waals surface area contributed by atoms with Crippen LogP contribution in [0.2, 0.25) is 0 Å². The van der Waals surface area contributed by atoms with Gasteiger partial charge in [-0.15, -0.1) is 0 Å². The van der Waals surface area contributed by atoms with Crippen LogP contribution in [0.4, 0.5) is 4.39 Å². The number of rotatable bonds is 5. The van der Waals surface area contributed by atoms with E-state index in [0.717, 1.165) is 30.5 Å². The third kappa shape index (κ3) is 3.94. The predicted molar refractivity (Wildman–Crippen MR) is 94.4 cm³/mol. The Morgan fingerprint density at radius 1 is 1.08 bits per heavy atom. The van der Waals surface area contributed by atoms with Crippen molar-refractivity contribution in [1.82, 2.24) is 5.32 Å². The maximum atomic E-state index is 13.1. The van der Waals surface area contributed by atoms with Crippen LogP contribution in [-0.4, -0.2) is 25.9 Å². The van der Waals surface area contributed by atoms with E-state index in [2.05, 4.69) is 5.32 Å². The average Bonchev–Trinajstić information content (AvgIpc) is 2.67. The van der Waals surface area contributed by atoms with Crippen molar-refractivity contribution in [3.05, 3.63) is 59.4 Å². The van der Waals surface area contributed by atoms with Crippen LogP contribution < -0.4 is 14.8 Å². The van der Waals surface area contributed by atoms with Crippen LogP contribution in [-0.2, 0) is 0 Å². The number of aliphatic hydroxyl groups is 1. The Labute approximate surface area is 147 Å². The van der Waals surface area contributed by atoms with E-state index in [1.165, 1.54) is 12.1 Å². The molecular weight excluding hydrogens is 321 g/mol. The van der Waals surface area contributed by atoms with Gasteiger partial charge in [-0.3, -0.25) is 0 Å². The molecule has 0 bridgehead atoms. The van der Waals surface area contributed by atoms with Crippen molar-refractivity contribution in [3.8, 4) is 11.5 Å². The molecule has 5 heteroatoms. The summed E-state index contributed by atoms with van der Waals surface area (Å²) >= 11 is 0. The fourth-order valence-electron chi connectivity index (χ4n) is 3.49. The number of methoxy groups -OCH3 is 2. The summed E-state index contributed by atoms with van der Waals surface area (Å²) in [6, 6.07) is 12.1. The van der Waals surface area contributed by atoms with E-state index < -0.39 is 6.10 Å². The molecule has 2 aromatic rings. The molecule has 1 saturated heterocycles. The molecule has 3 atom stereocenters. The number of ether oxygens (including phenoxy) is 2. The first-order valence-corrected chi connectivity index (χ1v) is 8.51. The Hall–Kier alpha value is -2.11. The van der Waals surface area contributed by atoms with Crippen molar-refractivity contribution >= 4 is 0 Å². The summed E-state index contributed by atoms with van der Waals surface area (Å²) in [6.07, 6.45) is 1.08. The van der Waals surface area contributed by atoms with Gasteiger partial charge < -0.3 is 19.9 Å². The Bertz CT molecular complexity index is 705. The topological polar surface area (TPSA) is 50.7 Å². The van der Waals surface area contributed by atoms with Gasteiger partial charge in [0, 0.05) is 6.04 Å². The Morgan fingerprint density at radius 3 is 2.48 bits per heavy atom. The molecule has 1 aliphatic heterocycles. The minimum Gasteiger partial charge on any atom is -0.493 e. The summed E-state index contributed by atoms with van der Waals surface area (Å²) in [7, 11) is 3.24. The molecule has 2 N–H and O–H groups in total. The first-order valence-electron chi connectivity index (χ1n) is 8.51. The molecule has 134 valence electrons. The lowest BCUT2D eigenvalue weighted by Crippen LogP contribution is -2.34. The first-order chi connectivity index (χ1) is 12.1. The van der Waals surface area contributed by atoms with Crippen LogP contribution in [0, 0.1) is 11.7 Å². The van der Waals surface area contributed by atoms with Gasteiger partial charge in [0.2, 0.25) is 0 Å². The molecule has 3 unspecified atom stereocenters. The van der Waals surface area contributed by atoms with Gasteiger partial charge in [0.05, 0.1) is 20.3 Å². The summed E-state index contributed by atoms with van der Waals surface area (Å²) in [6.45, 7) is 0.821. The minimum atomic E-state index is -0.592. The molecule has 1 fully saturated rings. The maximum Gasteiger partial charge on any atom is 0.161 e. The summed E-state index contributed by atoms with van der Waals surface area (Å²) in [4.78, 5) is 0. The van der Waals surface area contributed by atoms with Gasteiger partial charge in [0.1, 0.15) is 5.82 Å². The molecule has 4 nitrogen and oxygen atoms in total. The molecule has 0 aromatic heterocycles. The van der Waals surface area contributed by atoms with Gasteiger partial charge in [0.15, 0.2) is 11.5 Å². The number of hydrogen-bond donors (Lipinski definition) is 2. The van der Waals surface area contributed by atoms with Gasteiger partial charge in [-0.2, -0.15) is 0 Å². The van der Waals surface area contributed by atoms with Crippen molar-refractivity contribution in [2.24, 2.45) is 5.92 Å². The summed E-state index contributed by atoms with van der Waals surface area (Å²) < 4.78 is 23.8. The molecule has 3 rings (SSSR count). The second-order valence-electron chi connectivity index (χ2n) is 6.40. The number of halogens is 1. The number of hydrogen-bond acceptors (Lipinski definition) is 4. The van der Waals surface area contributed by atoms with Crippen molar-refractivity contribution in [2.45, 2.75) is 25.0 Å². The third-order valence-corrected chi connectivity index (χ3v) is 4.91. The third-order valence-electron chi connectivity index (χ3n) is 4.91. The second kappa shape index (κ2) is 7.85. The van der Waals surface area contributed by atoms with E-state index in [1.54, 1.807) is 26.4 Å². The average molecular weight is 345 g/mol. The normalized spacial score (nSPS) is 21.6. The van der Waals surface area contributed by atoms with Crippen LogP contribution in [0.15, 0.2) is 42.5 Å². The lowest BCUT2D eigenvalue weighted by Gasteiger charge is -2.33. The largest absolute Gasteiger partial charge is 0.493 e. The Kier molecular flexibility index (Phi) is 5.56. The lowest BCUT2D eigenvalue weighted by atomic mass is 9.83. The highest BCUT2D eigenvalue weighted by atomic mass is 19.1. The zero-order valence-electron chi connectivity index (χ0n) is 14.5. The highest BCUT2D eigenvalue weighted by Crippen LogP contribution is 2.38. The van der Waals surface area contributed by atoms with Crippen molar-refractivity contribution < 1.29 is 19.0 Å². The molecule has 0 amide bonds. The zero-order chi connectivity index (χ0) is 17.8. The van der Waals surface area contributed by atoms with E-state index in [1.807, 2.05) is 18.2 Å².